The number of hydrogen-bond acceptors (Lipinski definition) is 5. The smallest absolute Gasteiger partial charge is 0.282 e. The minimum Gasteiger partial charge on any atom is -0.337 e. The highest BCUT2D eigenvalue weighted by molar-refractivity contribution is 7.15. The van der Waals surface area contributed by atoms with Gasteiger partial charge in [0.1, 0.15) is 17.2 Å². The van der Waals surface area contributed by atoms with Gasteiger partial charge >= 0.3 is 0 Å². The van der Waals surface area contributed by atoms with Gasteiger partial charge in [-0.1, -0.05) is 0 Å². The minimum atomic E-state index is -0.127. The Labute approximate surface area is 129 Å². The zero-order valence-corrected chi connectivity index (χ0v) is 12.8. The van der Waals surface area contributed by atoms with Crippen molar-refractivity contribution in [1.29, 1.82) is 0 Å². The molecule has 22 heavy (non-hydrogen) atoms. The van der Waals surface area contributed by atoms with Crippen LogP contribution in [0.25, 0.3) is 22.2 Å². The summed E-state index contributed by atoms with van der Waals surface area (Å²) in [5.74, 6) is 1.51. The largest absolute Gasteiger partial charge is 0.337 e. The van der Waals surface area contributed by atoms with E-state index in [-0.39, 0.29) is 5.56 Å². The van der Waals surface area contributed by atoms with Crippen molar-refractivity contribution in [3.8, 4) is 17.2 Å². The second-order valence-electron chi connectivity index (χ2n) is 4.91. The van der Waals surface area contributed by atoms with E-state index >= 15 is 0 Å². The van der Waals surface area contributed by atoms with E-state index in [0.717, 1.165) is 11.5 Å². The first kappa shape index (κ1) is 13.0. The van der Waals surface area contributed by atoms with Crippen LogP contribution < -0.4 is 5.56 Å². The van der Waals surface area contributed by atoms with Crippen LogP contribution in [0.1, 0.15) is 5.82 Å². The van der Waals surface area contributed by atoms with E-state index < -0.39 is 0 Å². The summed E-state index contributed by atoms with van der Waals surface area (Å²) in [5.41, 5.74) is 1.05. The van der Waals surface area contributed by atoms with Gasteiger partial charge in [0.05, 0.1) is 6.20 Å². The zero-order valence-electron chi connectivity index (χ0n) is 12.0. The van der Waals surface area contributed by atoms with E-state index in [1.807, 2.05) is 30.1 Å². The maximum atomic E-state index is 12.6. The molecule has 0 spiro atoms. The van der Waals surface area contributed by atoms with E-state index in [1.54, 1.807) is 29.4 Å². The van der Waals surface area contributed by atoms with Gasteiger partial charge in [0, 0.05) is 37.2 Å². The van der Waals surface area contributed by atoms with Crippen LogP contribution in [-0.2, 0) is 7.05 Å². The number of rotatable bonds is 2. The van der Waals surface area contributed by atoms with Gasteiger partial charge in [-0.15, -0.1) is 11.3 Å². The molecule has 0 atom stereocenters. The lowest BCUT2D eigenvalue weighted by Crippen LogP contribution is -2.19. The van der Waals surface area contributed by atoms with Crippen molar-refractivity contribution in [2.45, 2.75) is 6.92 Å². The molecule has 0 amide bonds. The van der Waals surface area contributed by atoms with Crippen LogP contribution in [-0.4, -0.2) is 28.5 Å². The average Bonchev–Trinajstić information content (AvgIpc) is 3.20. The van der Waals surface area contributed by atoms with Crippen LogP contribution in [0, 0.1) is 6.92 Å². The lowest BCUT2D eigenvalue weighted by atomic mass is 10.4. The molecule has 0 aliphatic rings. The molecule has 0 radical (unpaired) electrons. The number of imidazole rings is 2. The van der Waals surface area contributed by atoms with Crippen molar-refractivity contribution in [1.82, 2.24) is 28.5 Å². The predicted octanol–water partition coefficient (Wildman–Crippen LogP) is 1.65. The van der Waals surface area contributed by atoms with Gasteiger partial charge in [0.2, 0.25) is 0 Å². The summed E-state index contributed by atoms with van der Waals surface area (Å²) in [6.45, 7) is 1.92. The van der Waals surface area contributed by atoms with Crippen LogP contribution in [0.5, 0.6) is 0 Å². The number of thiazole rings is 1. The minimum absolute atomic E-state index is 0.127. The Morgan fingerprint density at radius 2 is 2.09 bits per heavy atom. The molecule has 4 aromatic heterocycles. The molecule has 0 saturated carbocycles. The van der Waals surface area contributed by atoms with Crippen molar-refractivity contribution in [2.75, 3.05) is 0 Å². The fourth-order valence-corrected chi connectivity index (χ4v) is 3.01. The normalized spacial score (nSPS) is 11.4. The molecule has 4 heterocycles. The Bertz CT molecular complexity index is 1020. The molecule has 0 bridgehead atoms. The van der Waals surface area contributed by atoms with Crippen LogP contribution in [0.4, 0.5) is 0 Å². The Balaban J connectivity index is 1.95. The van der Waals surface area contributed by atoms with E-state index in [4.69, 9.17) is 0 Å². The third-order valence-corrected chi connectivity index (χ3v) is 4.33. The van der Waals surface area contributed by atoms with Crippen molar-refractivity contribution in [2.24, 2.45) is 7.05 Å². The lowest BCUT2D eigenvalue weighted by molar-refractivity contribution is 0.858. The van der Waals surface area contributed by atoms with Crippen LogP contribution in [0.2, 0.25) is 0 Å². The molecule has 0 fully saturated rings. The predicted molar refractivity (Wildman–Crippen MR) is 83.4 cm³/mol. The number of aromatic nitrogens is 6. The first-order valence-corrected chi connectivity index (χ1v) is 7.52. The van der Waals surface area contributed by atoms with Crippen LogP contribution in [0.3, 0.4) is 0 Å². The summed E-state index contributed by atoms with van der Waals surface area (Å²) in [6, 6.07) is 0. The van der Waals surface area contributed by atoms with Gasteiger partial charge in [0.25, 0.3) is 5.56 Å². The second-order valence-corrected chi connectivity index (χ2v) is 5.78. The Kier molecular flexibility index (Phi) is 2.73. The first-order valence-electron chi connectivity index (χ1n) is 6.64. The molecule has 4 rings (SSSR count). The third kappa shape index (κ3) is 1.81. The molecule has 0 aliphatic carbocycles. The summed E-state index contributed by atoms with van der Waals surface area (Å²) in [7, 11) is 1.92. The van der Waals surface area contributed by atoms with Gasteiger partial charge in [0.15, 0.2) is 10.8 Å². The average molecular weight is 312 g/mol. The Hall–Kier alpha value is -2.74. The summed E-state index contributed by atoms with van der Waals surface area (Å²) in [5, 5.41) is 1.84. The SMILES string of the molecule is Cc1nc(-c2nccn2-c2cnc3sccn3c2=O)cn1C. The topological polar surface area (TPSA) is 70.0 Å². The van der Waals surface area contributed by atoms with E-state index in [2.05, 4.69) is 15.0 Å². The van der Waals surface area contributed by atoms with Gasteiger partial charge in [-0.05, 0) is 6.92 Å². The summed E-state index contributed by atoms with van der Waals surface area (Å²) < 4.78 is 5.18. The summed E-state index contributed by atoms with van der Waals surface area (Å²) in [4.78, 5) is 26.4. The monoisotopic (exact) mass is 312 g/mol. The van der Waals surface area contributed by atoms with Gasteiger partial charge in [-0.3, -0.25) is 13.8 Å². The van der Waals surface area contributed by atoms with Crippen molar-refractivity contribution in [3.63, 3.8) is 0 Å². The van der Waals surface area contributed by atoms with Crippen LogP contribution >= 0.6 is 11.3 Å². The molecule has 110 valence electrons. The second kappa shape index (κ2) is 4.63. The molecule has 4 aromatic rings. The molecule has 0 aromatic carbocycles. The summed E-state index contributed by atoms with van der Waals surface area (Å²) >= 11 is 1.42. The third-order valence-electron chi connectivity index (χ3n) is 3.56. The quantitative estimate of drug-likeness (QED) is 0.564. The molecule has 8 heteroatoms. The van der Waals surface area contributed by atoms with E-state index in [1.165, 1.54) is 15.7 Å². The Morgan fingerprint density at radius 1 is 1.23 bits per heavy atom. The maximum absolute atomic E-state index is 12.6. The molecular formula is C14H12N6OS. The van der Waals surface area contributed by atoms with Crippen molar-refractivity contribution >= 4 is 16.3 Å². The summed E-state index contributed by atoms with van der Waals surface area (Å²) in [6.07, 6.45) is 8.59. The standard InChI is InChI=1S/C14H12N6OS/c1-9-17-10(8-18(9)2)12-15-3-4-19(12)11-7-16-14-20(13(11)21)5-6-22-14/h3-8H,1-2H3. The highest BCUT2D eigenvalue weighted by Crippen LogP contribution is 2.19. The highest BCUT2D eigenvalue weighted by Gasteiger charge is 2.15. The molecule has 0 unspecified atom stereocenters. The highest BCUT2D eigenvalue weighted by atomic mass is 32.1. The number of fused-ring (bicyclic) bond motifs is 1. The lowest BCUT2D eigenvalue weighted by Gasteiger charge is -2.05. The van der Waals surface area contributed by atoms with E-state index in [9.17, 15) is 4.79 Å². The van der Waals surface area contributed by atoms with E-state index in [0.29, 0.717) is 16.5 Å². The van der Waals surface area contributed by atoms with Crippen LogP contribution in [0.15, 0.2) is 41.2 Å². The Morgan fingerprint density at radius 3 is 2.86 bits per heavy atom. The first-order chi connectivity index (χ1) is 10.6. The fraction of sp³-hybridized carbons (Fsp3) is 0.143. The number of nitrogens with zero attached hydrogens (tertiary/aromatic N) is 6. The molecular weight excluding hydrogens is 300 g/mol. The number of aryl methyl sites for hydroxylation is 2. The van der Waals surface area contributed by atoms with Gasteiger partial charge in [-0.2, -0.15) is 0 Å². The molecule has 0 N–H and O–H groups in total. The maximum Gasteiger partial charge on any atom is 0.282 e. The number of hydrogen-bond donors (Lipinski definition) is 0. The molecule has 0 aliphatic heterocycles. The molecule has 7 nitrogen and oxygen atoms in total. The molecule has 0 saturated heterocycles. The zero-order chi connectivity index (χ0) is 15.3. The van der Waals surface area contributed by atoms with Crippen molar-refractivity contribution < 1.29 is 0 Å². The fourth-order valence-electron chi connectivity index (χ4n) is 2.33. The van der Waals surface area contributed by atoms with Crippen molar-refractivity contribution in [3.05, 3.63) is 52.5 Å². The van der Waals surface area contributed by atoms with Gasteiger partial charge in [-0.25, -0.2) is 15.0 Å². The van der Waals surface area contributed by atoms with Gasteiger partial charge < -0.3 is 4.57 Å².